The number of nitrogens with one attached hydrogen (secondary N) is 1. The zero-order valence-corrected chi connectivity index (χ0v) is 7.93. The Bertz CT molecular complexity index is 437. The first-order valence-electron chi connectivity index (χ1n) is 4.08. The summed E-state index contributed by atoms with van der Waals surface area (Å²) in [6.45, 7) is 0. The SMILES string of the molecule is NNC(=O)c1cc(C(=O)O)cc(C(=O)O)c1. The number of benzene rings is 1. The average Bonchev–Trinajstić information content (AvgIpc) is 2.27. The molecule has 7 heteroatoms. The van der Waals surface area contributed by atoms with E-state index in [-0.39, 0.29) is 16.7 Å². The highest BCUT2D eigenvalue weighted by Crippen LogP contribution is 2.11. The molecule has 5 N–H and O–H groups in total. The summed E-state index contributed by atoms with van der Waals surface area (Å²) >= 11 is 0. The minimum absolute atomic E-state index is 0.125. The van der Waals surface area contributed by atoms with Crippen LogP contribution in [0.5, 0.6) is 0 Å². The Morgan fingerprint density at radius 3 is 1.62 bits per heavy atom. The number of rotatable bonds is 3. The van der Waals surface area contributed by atoms with Crippen molar-refractivity contribution in [3.63, 3.8) is 0 Å². The predicted molar refractivity (Wildman–Crippen MR) is 52.0 cm³/mol. The van der Waals surface area contributed by atoms with Gasteiger partial charge in [-0.3, -0.25) is 10.2 Å². The second kappa shape index (κ2) is 4.41. The van der Waals surface area contributed by atoms with Gasteiger partial charge in [-0.15, -0.1) is 0 Å². The molecule has 1 rings (SSSR count). The number of aromatic carboxylic acids is 2. The van der Waals surface area contributed by atoms with Gasteiger partial charge in [-0.2, -0.15) is 0 Å². The molecule has 0 saturated carbocycles. The molecule has 0 fully saturated rings. The van der Waals surface area contributed by atoms with E-state index in [1.165, 1.54) is 0 Å². The van der Waals surface area contributed by atoms with E-state index in [2.05, 4.69) is 0 Å². The van der Waals surface area contributed by atoms with Crippen LogP contribution in [0.25, 0.3) is 0 Å². The number of carboxylic acid groups (broad SMARTS) is 2. The lowest BCUT2D eigenvalue weighted by Crippen LogP contribution is -2.30. The molecule has 1 amide bonds. The van der Waals surface area contributed by atoms with Crippen LogP contribution in [0.1, 0.15) is 31.1 Å². The molecule has 0 radical (unpaired) electrons. The molecule has 0 atom stereocenters. The minimum Gasteiger partial charge on any atom is -0.478 e. The number of carboxylic acids is 2. The van der Waals surface area contributed by atoms with Gasteiger partial charge in [0.15, 0.2) is 0 Å². The number of nitrogens with two attached hydrogens (primary N) is 1. The van der Waals surface area contributed by atoms with Crippen LogP contribution >= 0.6 is 0 Å². The Kier molecular flexibility index (Phi) is 3.21. The molecule has 0 bridgehead atoms. The second-order valence-corrected chi connectivity index (χ2v) is 2.88. The number of nitrogen functional groups attached to an aromatic ring is 1. The maximum atomic E-state index is 11.1. The van der Waals surface area contributed by atoms with Crippen LogP contribution in [0.2, 0.25) is 0 Å². The molecule has 0 aliphatic heterocycles. The fraction of sp³-hybridized carbons (Fsp3) is 0. The highest BCUT2D eigenvalue weighted by Gasteiger charge is 2.14. The van der Waals surface area contributed by atoms with Crippen LogP contribution in [0, 0.1) is 0 Å². The molecular formula is C9H8N2O5. The monoisotopic (exact) mass is 224 g/mol. The molecule has 0 aliphatic rings. The third-order valence-electron chi connectivity index (χ3n) is 1.82. The van der Waals surface area contributed by atoms with Crippen molar-refractivity contribution < 1.29 is 24.6 Å². The summed E-state index contributed by atoms with van der Waals surface area (Å²) in [6, 6.07) is 3.03. The summed E-state index contributed by atoms with van der Waals surface area (Å²) in [5.41, 5.74) is 1.08. The molecule has 0 unspecified atom stereocenters. The molecule has 1 aromatic carbocycles. The van der Waals surface area contributed by atoms with E-state index in [1.54, 1.807) is 5.43 Å². The smallest absolute Gasteiger partial charge is 0.335 e. The van der Waals surface area contributed by atoms with Crippen LogP contribution < -0.4 is 11.3 Å². The van der Waals surface area contributed by atoms with Gasteiger partial charge in [0, 0.05) is 5.56 Å². The van der Waals surface area contributed by atoms with Gasteiger partial charge in [-0.1, -0.05) is 0 Å². The van der Waals surface area contributed by atoms with Crippen LogP contribution in [-0.2, 0) is 0 Å². The first-order valence-corrected chi connectivity index (χ1v) is 4.08. The van der Waals surface area contributed by atoms with Gasteiger partial charge < -0.3 is 10.2 Å². The molecule has 1 aromatic rings. The number of hydrazine groups is 1. The first kappa shape index (κ1) is 11.7. The Hall–Kier alpha value is -2.41. The summed E-state index contributed by atoms with van der Waals surface area (Å²) in [7, 11) is 0. The van der Waals surface area contributed by atoms with Gasteiger partial charge >= 0.3 is 11.9 Å². The van der Waals surface area contributed by atoms with E-state index in [1.807, 2.05) is 0 Å². The van der Waals surface area contributed by atoms with Crippen molar-refractivity contribution in [1.29, 1.82) is 0 Å². The zero-order valence-electron chi connectivity index (χ0n) is 7.93. The normalized spacial score (nSPS) is 9.56. The molecular weight excluding hydrogens is 216 g/mol. The lowest BCUT2D eigenvalue weighted by molar-refractivity contribution is 0.0696. The van der Waals surface area contributed by atoms with Crippen molar-refractivity contribution in [3.8, 4) is 0 Å². The van der Waals surface area contributed by atoms with Crippen molar-refractivity contribution in [3.05, 3.63) is 34.9 Å². The van der Waals surface area contributed by atoms with Crippen molar-refractivity contribution in [2.75, 3.05) is 0 Å². The fourth-order valence-electron chi connectivity index (χ4n) is 1.09. The number of carbonyl (C=O) groups excluding carboxylic acids is 1. The number of hydrogen-bond acceptors (Lipinski definition) is 4. The minimum atomic E-state index is -1.32. The predicted octanol–water partition coefficient (Wildman–Crippen LogP) is -0.314. The molecule has 0 aromatic heterocycles. The van der Waals surface area contributed by atoms with Crippen LogP contribution in [0.4, 0.5) is 0 Å². The lowest BCUT2D eigenvalue weighted by Gasteiger charge is -2.03. The van der Waals surface area contributed by atoms with Crippen LogP contribution in [-0.4, -0.2) is 28.1 Å². The van der Waals surface area contributed by atoms with E-state index >= 15 is 0 Å². The van der Waals surface area contributed by atoms with Crippen molar-refractivity contribution in [1.82, 2.24) is 5.43 Å². The lowest BCUT2D eigenvalue weighted by atomic mass is 10.1. The van der Waals surface area contributed by atoms with E-state index in [4.69, 9.17) is 16.1 Å². The van der Waals surface area contributed by atoms with E-state index in [0.717, 1.165) is 18.2 Å². The quantitative estimate of drug-likeness (QED) is 0.316. The maximum absolute atomic E-state index is 11.1. The molecule has 7 nitrogen and oxygen atoms in total. The molecule has 0 heterocycles. The molecule has 0 spiro atoms. The summed E-state index contributed by atoms with van der Waals surface area (Å²) in [6.07, 6.45) is 0. The third-order valence-corrected chi connectivity index (χ3v) is 1.82. The van der Waals surface area contributed by atoms with Gasteiger partial charge in [0.1, 0.15) is 0 Å². The van der Waals surface area contributed by atoms with Gasteiger partial charge in [0.25, 0.3) is 5.91 Å². The largest absolute Gasteiger partial charge is 0.478 e. The van der Waals surface area contributed by atoms with Gasteiger partial charge in [-0.25, -0.2) is 15.4 Å². The highest BCUT2D eigenvalue weighted by atomic mass is 16.4. The summed E-state index contributed by atoms with van der Waals surface area (Å²) < 4.78 is 0. The highest BCUT2D eigenvalue weighted by molar-refractivity contribution is 6.01. The average molecular weight is 224 g/mol. The summed E-state index contributed by atoms with van der Waals surface area (Å²) in [5, 5.41) is 17.4. The van der Waals surface area contributed by atoms with Crippen molar-refractivity contribution in [2.45, 2.75) is 0 Å². The Morgan fingerprint density at radius 2 is 1.31 bits per heavy atom. The van der Waals surface area contributed by atoms with E-state index in [9.17, 15) is 14.4 Å². The zero-order chi connectivity index (χ0) is 12.3. The topological polar surface area (TPSA) is 130 Å². The number of carbonyl (C=O) groups is 3. The standard InChI is InChI=1S/C9H8N2O5/c10-11-7(12)4-1-5(8(13)14)3-6(2-4)9(15)16/h1-3H,10H2,(H,11,12)(H,13,14)(H,15,16). The summed E-state index contributed by atoms with van der Waals surface area (Å²) in [4.78, 5) is 32.5. The van der Waals surface area contributed by atoms with Gasteiger partial charge in [-0.05, 0) is 18.2 Å². The Morgan fingerprint density at radius 1 is 0.938 bits per heavy atom. The summed E-state index contributed by atoms with van der Waals surface area (Å²) in [5.74, 6) is 1.45. The number of amides is 1. The van der Waals surface area contributed by atoms with Crippen molar-refractivity contribution in [2.24, 2.45) is 5.84 Å². The van der Waals surface area contributed by atoms with E-state index < -0.39 is 17.8 Å². The Labute approximate surface area is 89.5 Å². The molecule has 0 saturated heterocycles. The molecule has 84 valence electrons. The van der Waals surface area contributed by atoms with Gasteiger partial charge in [0.2, 0.25) is 0 Å². The van der Waals surface area contributed by atoms with Crippen LogP contribution in [0.15, 0.2) is 18.2 Å². The molecule has 16 heavy (non-hydrogen) atoms. The van der Waals surface area contributed by atoms with Crippen LogP contribution in [0.3, 0.4) is 0 Å². The second-order valence-electron chi connectivity index (χ2n) is 2.88. The molecule has 0 aliphatic carbocycles. The fourth-order valence-corrected chi connectivity index (χ4v) is 1.09. The maximum Gasteiger partial charge on any atom is 0.335 e. The van der Waals surface area contributed by atoms with E-state index in [0.29, 0.717) is 0 Å². The Balaban J connectivity index is 3.35. The van der Waals surface area contributed by atoms with Crippen molar-refractivity contribution >= 4 is 17.8 Å². The van der Waals surface area contributed by atoms with Gasteiger partial charge in [0.05, 0.1) is 11.1 Å². The third kappa shape index (κ3) is 2.34. The first-order chi connectivity index (χ1) is 7.45. The number of hydrogen-bond donors (Lipinski definition) is 4.